The number of carbonyl (C=O) groups is 1. The van der Waals surface area contributed by atoms with E-state index in [0.29, 0.717) is 19.0 Å². The molecule has 1 aromatic heterocycles. The van der Waals surface area contributed by atoms with Gasteiger partial charge in [-0.25, -0.2) is 9.97 Å². The summed E-state index contributed by atoms with van der Waals surface area (Å²) in [5.74, 6) is 0.0624. The van der Waals surface area contributed by atoms with Crippen molar-refractivity contribution in [3.05, 3.63) is 28.6 Å². The monoisotopic (exact) mass is 350 g/mol. The van der Waals surface area contributed by atoms with Gasteiger partial charge in [0.1, 0.15) is 11.6 Å². The third kappa shape index (κ3) is 4.24. The zero-order valence-electron chi connectivity index (χ0n) is 11.6. The third-order valence-corrected chi connectivity index (χ3v) is 3.52. The highest BCUT2D eigenvalue weighted by molar-refractivity contribution is 9.10. The molecule has 110 valence electrons. The molecule has 0 aliphatic carbocycles. The van der Waals surface area contributed by atoms with E-state index in [9.17, 15) is 4.79 Å². The Morgan fingerprint density at radius 3 is 2.57 bits per heavy atom. The van der Waals surface area contributed by atoms with E-state index in [2.05, 4.69) is 36.1 Å². The average Bonchev–Trinajstić information content (AvgIpc) is 2.50. The van der Waals surface area contributed by atoms with Crippen molar-refractivity contribution in [1.29, 1.82) is 5.26 Å². The van der Waals surface area contributed by atoms with Crippen molar-refractivity contribution in [3.8, 4) is 6.07 Å². The summed E-state index contributed by atoms with van der Waals surface area (Å²) in [6.45, 7) is 2.88. The molecular weight excluding hydrogens is 336 g/mol. The van der Waals surface area contributed by atoms with Crippen molar-refractivity contribution in [3.63, 3.8) is 0 Å². The molecule has 0 unspecified atom stereocenters. The number of piperazine rings is 1. The second-order valence-corrected chi connectivity index (χ2v) is 5.55. The van der Waals surface area contributed by atoms with Crippen molar-refractivity contribution in [2.75, 3.05) is 38.5 Å². The number of carbonyl (C=O) groups excluding carboxylic acids is 1. The Kier molecular flexibility index (Phi) is 5.25. The summed E-state index contributed by atoms with van der Waals surface area (Å²) >= 11 is 3.23. The second-order valence-electron chi connectivity index (χ2n) is 4.63. The molecule has 0 radical (unpaired) electrons. The van der Waals surface area contributed by atoms with E-state index in [1.807, 2.05) is 13.1 Å². The summed E-state index contributed by atoms with van der Waals surface area (Å²) in [6.07, 6.45) is 4.51. The minimum absolute atomic E-state index is 0.0473. The van der Waals surface area contributed by atoms with Gasteiger partial charge in [0.05, 0.1) is 4.47 Å². The molecule has 21 heavy (non-hydrogen) atoms. The van der Waals surface area contributed by atoms with Crippen LogP contribution in [0.25, 0.3) is 0 Å². The van der Waals surface area contributed by atoms with E-state index in [4.69, 9.17) is 5.26 Å². The van der Waals surface area contributed by atoms with Crippen LogP contribution in [-0.4, -0.2) is 58.9 Å². The fraction of sp³-hybridized carbons (Fsp3) is 0.385. The van der Waals surface area contributed by atoms with Crippen molar-refractivity contribution >= 4 is 27.8 Å². The fourth-order valence-electron chi connectivity index (χ4n) is 1.85. The third-order valence-electron chi connectivity index (χ3n) is 3.11. The molecule has 1 aliphatic heterocycles. The maximum Gasteiger partial charge on any atom is 0.266 e. The van der Waals surface area contributed by atoms with Gasteiger partial charge in [-0.2, -0.15) is 5.26 Å². The molecule has 0 aromatic carbocycles. The Labute approximate surface area is 131 Å². The van der Waals surface area contributed by atoms with Crippen LogP contribution in [0.1, 0.15) is 0 Å². The molecule has 0 bridgehead atoms. The van der Waals surface area contributed by atoms with Crippen LogP contribution in [0.5, 0.6) is 0 Å². The maximum atomic E-state index is 12.2. The number of likely N-dealkylation sites (N-methyl/N-ethyl adjacent to an activating group) is 1. The van der Waals surface area contributed by atoms with Crippen LogP contribution in [0, 0.1) is 11.3 Å². The molecular formula is C13H15BrN6O. The lowest BCUT2D eigenvalue weighted by Gasteiger charge is -2.32. The molecule has 1 fully saturated rings. The van der Waals surface area contributed by atoms with Gasteiger partial charge in [0.15, 0.2) is 0 Å². The number of halogens is 1. The molecule has 0 saturated carbocycles. The van der Waals surface area contributed by atoms with Gasteiger partial charge in [0, 0.05) is 44.8 Å². The van der Waals surface area contributed by atoms with Crippen molar-refractivity contribution in [2.24, 2.45) is 0 Å². The van der Waals surface area contributed by atoms with Crippen LogP contribution in [-0.2, 0) is 4.79 Å². The van der Waals surface area contributed by atoms with Gasteiger partial charge >= 0.3 is 0 Å². The lowest BCUT2D eigenvalue weighted by Crippen LogP contribution is -2.47. The first kappa shape index (κ1) is 15.4. The van der Waals surface area contributed by atoms with Gasteiger partial charge in [-0.3, -0.25) is 4.79 Å². The summed E-state index contributed by atoms with van der Waals surface area (Å²) in [5.41, 5.74) is 0.0473. The summed E-state index contributed by atoms with van der Waals surface area (Å²) in [7, 11) is 2.01. The van der Waals surface area contributed by atoms with Crippen LogP contribution in [0.3, 0.4) is 0 Å². The molecule has 1 aliphatic rings. The standard InChI is InChI=1S/C13H15BrN6O/c1-19-2-4-20(5-3-19)12(21)10(6-15)7-16-13-17-8-11(14)9-18-13/h7-9H,2-5H2,1H3,(H,16,17,18)/b10-7-. The van der Waals surface area contributed by atoms with Crippen molar-refractivity contribution < 1.29 is 4.79 Å². The fourth-order valence-corrected chi connectivity index (χ4v) is 2.05. The first-order valence-electron chi connectivity index (χ1n) is 6.42. The first-order chi connectivity index (χ1) is 10.1. The molecule has 1 amide bonds. The van der Waals surface area contributed by atoms with Crippen molar-refractivity contribution in [2.45, 2.75) is 0 Å². The van der Waals surface area contributed by atoms with E-state index in [-0.39, 0.29) is 11.5 Å². The van der Waals surface area contributed by atoms with Crippen molar-refractivity contribution in [1.82, 2.24) is 19.8 Å². The van der Waals surface area contributed by atoms with E-state index in [1.165, 1.54) is 6.20 Å². The highest BCUT2D eigenvalue weighted by atomic mass is 79.9. The molecule has 0 spiro atoms. The van der Waals surface area contributed by atoms with Gasteiger partial charge in [-0.05, 0) is 23.0 Å². The Morgan fingerprint density at radius 2 is 2.00 bits per heavy atom. The summed E-state index contributed by atoms with van der Waals surface area (Å²) in [4.78, 5) is 24.1. The molecule has 1 saturated heterocycles. The lowest BCUT2D eigenvalue weighted by atomic mass is 10.2. The number of amides is 1. The predicted molar refractivity (Wildman–Crippen MR) is 81.1 cm³/mol. The topological polar surface area (TPSA) is 85.2 Å². The quantitative estimate of drug-likeness (QED) is 0.642. The van der Waals surface area contributed by atoms with Gasteiger partial charge < -0.3 is 15.1 Å². The molecule has 7 nitrogen and oxygen atoms in total. The number of hydrogen-bond acceptors (Lipinski definition) is 6. The Balaban J connectivity index is 2.01. The highest BCUT2D eigenvalue weighted by Crippen LogP contribution is 2.09. The largest absolute Gasteiger partial charge is 0.335 e. The maximum absolute atomic E-state index is 12.2. The normalized spacial score (nSPS) is 16.4. The summed E-state index contributed by atoms with van der Waals surface area (Å²) in [6, 6.07) is 1.92. The number of nitrogens with one attached hydrogen (secondary N) is 1. The molecule has 2 heterocycles. The number of hydrogen-bond donors (Lipinski definition) is 1. The van der Waals surface area contributed by atoms with E-state index in [1.54, 1.807) is 17.3 Å². The minimum atomic E-state index is -0.268. The van der Waals surface area contributed by atoms with Gasteiger partial charge in [-0.1, -0.05) is 0 Å². The number of nitrogens with zero attached hydrogens (tertiary/aromatic N) is 5. The van der Waals surface area contributed by atoms with E-state index >= 15 is 0 Å². The molecule has 1 N–H and O–H groups in total. The number of nitriles is 1. The second kappa shape index (κ2) is 7.15. The summed E-state index contributed by atoms with van der Waals surface area (Å²) < 4.78 is 0.756. The predicted octanol–water partition coefficient (Wildman–Crippen LogP) is 0.832. The van der Waals surface area contributed by atoms with Gasteiger partial charge in [-0.15, -0.1) is 0 Å². The average molecular weight is 351 g/mol. The van der Waals surface area contributed by atoms with Crippen LogP contribution >= 0.6 is 15.9 Å². The van der Waals surface area contributed by atoms with Gasteiger partial charge in [0.2, 0.25) is 5.95 Å². The number of rotatable bonds is 3. The zero-order chi connectivity index (χ0) is 15.2. The number of anilines is 1. The Morgan fingerprint density at radius 1 is 1.38 bits per heavy atom. The molecule has 1 aromatic rings. The SMILES string of the molecule is CN1CCN(C(=O)/C(C#N)=C\Nc2ncc(Br)cn2)CC1. The van der Waals surface area contributed by atoms with Crippen LogP contribution < -0.4 is 5.32 Å². The molecule has 0 atom stereocenters. The van der Waals surface area contributed by atoms with Crippen LogP contribution in [0.15, 0.2) is 28.6 Å². The Hall–Kier alpha value is -1.98. The lowest BCUT2D eigenvalue weighted by molar-refractivity contribution is -0.128. The first-order valence-corrected chi connectivity index (χ1v) is 7.21. The smallest absolute Gasteiger partial charge is 0.266 e. The summed E-state index contributed by atoms with van der Waals surface area (Å²) in [5, 5.41) is 11.9. The number of aromatic nitrogens is 2. The van der Waals surface area contributed by atoms with Gasteiger partial charge in [0.25, 0.3) is 5.91 Å². The highest BCUT2D eigenvalue weighted by Gasteiger charge is 2.22. The molecule has 2 rings (SSSR count). The zero-order valence-corrected chi connectivity index (χ0v) is 13.2. The van der Waals surface area contributed by atoms with Crippen LogP contribution in [0.2, 0.25) is 0 Å². The van der Waals surface area contributed by atoms with E-state index in [0.717, 1.165) is 17.6 Å². The Bertz CT molecular complexity index is 571. The molecule has 8 heteroatoms. The van der Waals surface area contributed by atoms with Crippen LogP contribution in [0.4, 0.5) is 5.95 Å². The van der Waals surface area contributed by atoms with E-state index < -0.39 is 0 Å². The minimum Gasteiger partial charge on any atom is -0.335 e.